The number of nitrogens with zero attached hydrogens (tertiary/aromatic N) is 1. The van der Waals surface area contributed by atoms with E-state index in [9.17, 15) is 4.39 Å². The van der Waals surface area contributed by atoms with Crippen molar-refractivity contribution in [2.75, 3.05) is 26.4 Å². The fourth-order valence-corrected chi connectivity index (χ4v) is 6.47. The van der Waals surface area contributed by atoms with Gasteiger partial charge in [-0.1, -0.05) is 42.3 Å². The average Bonchev–Trinajstić information content (AvgIpc) is 3.22. The maximum Gasteiger partial charge on any atom is 0.123 e. The number of piperidine rings is 1. The van der Waals surface area contributed by atoms with E-state index < -0.39 is 5.41 Å². The van der Waals surface area contributed by atoms with Crippen LogP contribution in [0.4, 0.5) is 10.1 Å². The second kappa shape index (κ2) is 9.39. The summed E-state index contributed by atoms with van der Waals surface area (Å²) in [6.07, 6.45) is 2.86. The number of fused-ring (bicyclic) bond motifs is 2. The van der Waals surface area contributed by atoms with E-state index in [-0.39, 0.29) is 23.2 Å². The molecule has 0 radical (unpaired) electrons. The van der Waals surface area contributed by atoms with Crippen LogP contribution in [0.5, 0.6) is 5.75 Å². The topological polar surface area (TPSA) is 42.8 Å². The van der Waals surface area contributed by atoms with E-state index in [0.717, 1.165) is 46.7 Å². The molecule has 192 valence electrons. The molecule has 7 heteroatoms. The summed E-state index contributed by atoms with van der Waals surface area (Å²) < 4.78 is 26.5. The molecule has 3 atom stereocenters. The number of nitrogens with one attached hydrogen (secondary N) is 1. The van der Waals surface area contributed by atoms with Gasteiger partial charge in [0.2, 0.25) is 0 Å². The van der Waals surface area contributed by atoms with Crippen LogP contribution in [-0.4, -0.2) is 32.6 Å². The Labute approximate surface area is 226 Å². The minimum atomic E-state index is -0.594. The van der Waals surface area contributed by atoms with Crippen molar-refractivity contribution in [3.63, 3.8) is 0 Å². The standard InChI is InChI=1S/C30H29Cl2FN2O2/c1-18-3-6-21(33)13-22(18)28-30(14-35-26-12-20(32)4-7-25(26)30)24(9-10-34-28)23-11-19(31)5-8-27(23)37-17-29(2)15-36-16-29/h3-8,11-14,24,28,34H,9-10,15-17H2,1-2H3/t24-,28-,30+/m0/s1. The third-order valence-electron chi connectivity index (χ3n) is 8.06. The highest BCUT2D eigenvalue weighted by Gasteiger charge is 2.53. The molecule has 6 rings (SSSR count). The van der Waals surface area contributed by atoms with E-state index >= 15 is 0 Å². The fourth-order valence-electron chi connectivity index (χ4n) is 6.12. The number of hydrogen-bond donors (Lipinski definition) is 1. The van der Waals surface area contributed by atoms with Crippen molar-refractivity contribution in [3.05, 3.63) is 92.7 Å². The van der Waals surface area contributed by atoms with Crippen molar-refractivity contribution in [2.24, 2.45) is 10.4 Å². The van der Waals surface area contributed by atoms with Gasteiger partial charge in [-0.3, -0.25) is 4.99 Å². The van der Waals surface area contributed by atoms with Crippen LogP contribution < -0.4 is 10.1 Å². The maximum atomic E-state index is 14.6. The lowest BCUT2D eigenvalue weighted by atomic mass is 9.59. The second-order valence-corrected chi connectivity index (χ2v) is 11.7. The molecule has 4 nitrogen and oxygen atoms in total. The Morgan fingerprint density at radius 2 is 1.84 bits per heavy atom. The van der Waals surface area contributed by atoms with Crippen LogP contribution in [0.1, 0.15) is 47.6 Å². The highest BCUT2D eigenvalue weighted by atomic mass is 35.5. The summed E-state index contributed by atoms with van der Waals surface area (Å²) in [7, 11) is 0. The van der Waals surface area contributed by atoms with Gasteiger partial charge in [0.15, 0.2) is 0 Å². The highest BCUT2D eigenvalue weighted by molar-refractivity contribution is 6.31. The molecule has 3 aliphatic rings. The van der Waals surface area contributed by atoms with E-state index in [0.29, 0.717) is 29.9 Å². The minimum Gasteiger partial charge on any atom is -0.493 e. The Bertz CT molecular complexity index is 1390. The predicted molar refractivity (Wildman–Crippen MR) is 146 cm³/mol. The summed E-state index contributed by atoms with van der Waals surface area (Å²) >= 11 is 13.0. The van der Waals surface area contributed by atoms with Crippen LogP contribution in [0.25, 0.3) is 0 Å². The predicted octanol–water partition coefficient (Wildman–Crippen LogP) is 7.33. The van der Waals surface area contributed by atoms with E-state index in [1.165, 1.54) is 6.07 Å². The molecule has 3 aromatic carbocycles. The van der Waals surface area contributed by atoms with Gasteiger partial charge in [0.1, 0.15) is 11.6 Å². The highest BCUT2D eigenvalue weighted by Crippen LogP contribution is 2.57. The first-order valence-electron chi connectivity index (χ1n) is 12.6. The molecule has 3 aromatic rings. The van der Waals surface area contributed by atoms with Crippen LogP contribution in [0, 0.1) is 18.2 Å². The van der Waals surface area contributed by atoms with Gasteiger partial charge >= 0.3 is 0 Å². The van der Waals surface area contributed by atoms with Crippen LogP contribution >= 0.6 is 23.2 Å². The van der Waals surface area contributed by atoms with Crippen molar-refractivity contribution >= 4 is 35.1 Å². The first-order valence-corrected chi connectivity index (χ1v) is 13.4. The quantitative estimate of drug-likeness (QED) is 0.369. The normalized spacial score (nSPS) is 25.6. The van der Waals surface area contributed by atoms with Crippen molar-refractivity contribution in [3.8, 4) is 5.75 Å². The van der Waals surface area contributed by atoms with Crippen LogP contribution in [0.15, 0.2) is 59.6 Å². The monoisotopic (exact) mass is 538 g/mol. The summed E-state index contributed by atoms with van der Waals surface area (Å²) in [5, 5.41) is 5.00. The molecule has 37 heavy (non-hydrogen) atoms. The first-order chi connectivity index (χ1) is 17.8. The van der Waals surface area contributed by atoms with Crippen LogP contribution in [-0.2, 0) is 10.2 Å². The third kappa shape index (κ3) is 4.26. The van der Waals surface area contributed by atoms with Gasteiger partial charge in [-0.2, -0.15) is 0 Å². The number of aliphatic imine (C=N–C) groups is 1. The Balaban J connectivity index is 1.52. The molecule has 0 unspecified atom stereocenters. The molecule has 2 saturated heterocycles. The molecule has 0 saturated carbocycles. The zero-order valence-corrected chi connectivity index (χ0v) is 22.4. The number of aryl methyl sites for hydroxylation is 1. The molecule has 1 N–H and O–H groups in total. The lowest BCUT2D eigenvalue weighted by Gasteiger charge is -2.48. The maximum absolute atomic E-state index is 14.6. The van der Waals surface area contributed by atoms with Crippen LogP contribution in [0.3, 0.4) is 0 Å². The Kier molecular flexibility index (Phi) is 6.31. The van der Waals surface area contributed by atoms with Gasteiger partial charge in [0.25, 0.3) is 0 Å². The van der Waals surface area contributed by atoms with Crippen LogP contribution in [0.2, 0.25) is 10.0 Å². The minimum absolute atomic E-state index is 0.00208. The zero-order valence-electron chi connectivity index (χ0n) is 20.9. The smallest absolute Gasteiger partial charge is 0.123 e. The lowest BCUT2D eigenvalue weighted by molar-refractivity contribution is -0.120. The Hall–Kier alpha value is -2.44. The summed E-state index contributed by atoms with van der Waals surface area (Å²) in [6, 6.07) is 16.5. The summed E-state index contributed by atoms with van der Waals surface area (Å²) in [6.45, 7) is 6.89. The average molecular weight is 539 g/mol. The van der Waals surface area contributed by atoms with Crippen molar-refractivity contribution < 1.29 is 13.9 Å². The number of hydrogen-bond acceptors (Lipinski definition) is 4. The van der Waals surface area contributed by atoms with E-state index in [4.69, 9.17) is 37.7 Å². The van der Waals surface area contributed by atoms with E-state index in [2.05, 4.69) is 18.3 Å². The van der Waals surface area contributed by atoms with Gasteiger partial charge in [0.05, 0.1) is 30.9 Å². The van der Waals surface area contributed by atoms with Crippen molar-refractivity contribution in [1.29, 1.82) is 0 Å². The third-order valence-corrected chi connectivity index (χ3v) is 8.53. The first kappa shape index (κ1) is 24.9. The molecule has 3 aliphatic heterocycles. The SMILES string of the molecule is Cc1ccc(F)cc1[C@@H]1NCC[C@@H](c2cc(Cl)ccc2OCC2(C)COC2)[C@@]12C=Nc1cc(Cl)ccc12. The Morgan fingerprint density at radius 1 is 1.05 bits per heavy atom. The number of ether oxygens (including phenoxy) is 2. The largest absolute Gasteiger partial charge is 0.493 e. The molecule has 3 heterocycles. The molecule has 0 aromatic heterocycles. The number of benzene rings is 3. The van der Waals surface area contributed by atoms with E-state index in [1.54, 1.807) is 6.07 Å². The second-order valence-electron chi connectivity index (χ2n) is 10.9. The molecule has 2 fully saturated rings. The van der Waals surface area contributed by atoms with Gasteiger partial charge in [-0.25, -0.2) is 4.39 Å². The van der Waals surface area contributed by atoms with Gasteiger partial charge in [-0.15, -0.1) is 0 Å². The van der Waals surface area contributed by atoms with E-state index in [1.807, 2.05) is 49.5 Å². The Morgan fingerprint density at radius 3 is 2.62 bits per heavy atom. The zero-order chi connectivity index (χ0) is 25.8. The number of rotatable bonds is 5. The van der Waals surface area contributed by atoms with Gasteiger partial charge in [-0.05, 0) is 79.0 Å². The molecule has 0 amide bonds. The van der Waals surface area contributed by atoms with Gasteiger partial charge in [0, 0.05) is 39.2 Å². The van der Waals surface area contributed by atoms with Crippen molar-refractivity contribution in [1.82, 2.24) is 5.32 Å². The molecular formula is C30H29Cl2FN2O2. The van der Waals surface area contributed by atoms with Gasteiger partial charge < -0.3 is 14.8 Å². The lowest BCUT2D eigenvalue weighted by Crippen LogP contribution is -2.51. The summed E-state index contributed by atoms with van der Waals surface area (Å²) in [4.78, 5) is 4.87. The molecule has 0 bridgehead atoms. The summed E-state index contributed by atoms with van der Waals surface area (Å²) in [5.41, 5.74) is 4.28. The van der Waals surface area contributed by atoms with Crippen molar-refractivity contribution in [2.45, 2.75) is 37.6 Å². The molecule has 0 aliphatic carbocycles. The summed E-state index contributed by atoms with van der Waals surface area (Å²) in [5.74, 6) is 0.537. The fraction of sp³-hybridized carbons (Fsp3) is 0.367. The molecular weight excluding hydrogens is 510 g/mol. The molecule has 1 spiro atoms. The number of halogens is 3.